The molecule has 2 heterocycles. The number of aromatic amines is 1. The van der Waals surface area contributed by atoms with Crippen LogP contribution in [0.4, 0.5) is 5.69 Å². The van der Waals surface area contributed by atoms with Crippen LogP contribution in [-0.2, 0) is 0 Å². The summed E-state index contributed by atoms with van der Waals surface area (Å²) in [6.07, 6.45) is 3.48. The molecule has 0 amide bonds. The van der Waals surface area contributed by atoms with E-state index in [0.29, 0.717) is 0 Å². The number of fused-ring (bicyclic) bond motifs is 1. The van der Waals surface area contributed by atoms with Crippen molar-refractivity contribution >= 4 is 16.6 Å². The Morgan fingerprint density at radius 3 is 2.63 bits per heavy atom. The number of benzene rings is 1. The molecule has 0 fully saturated rings. The van der Waals surface area contributed by atoms with E-state index in [2.05, 4.69) is 15.1 Å². The minimum atomic E-state index is -0.0695. The molecule has 94 valence electrons. The van der Waals surface area contributed by atoms with Gasteiger partial charge in [0.05, 0.1) is 5.52 Å². The molecule has 3 rings (SSSR count). The number of hydrogen-bond acceptors (Lipinski definition) is 4. The van der Waals surface area contributed by atoms with Crippen LogP contribution in [0.1, 0.15) is 5.56 Å². The van der Waals surface area contributed by atoms with E-state index in [1.54, 1.807) is 12.4 Å². The zero-order valence-electron chi connectivity index (χ0n) is 10.3. The third-order valence-electron chi connectivity index (χ3n) is 3.28. The largest absolute Gasteiger partial charge is 0.493 e. The average Bonchev–Trinajstić information content (AvgIpc) is 2.76. The maximum Gasteiger partial charge on any atom is 0.218 e. The number of hydrogen-bond donors (Lipinski definition) is 3. The lowest BCUT2D eigenvalue weighted by Crippen LogP contribution is -1.84. The normalized spacial score (nSPS) is 10.8. The Kier molecular flexibility index (Phi) is 2.52. The summed E-state index contributed by atoms with van der Waals surface area (Å²) in [5, 5.41) is 13.9. The van der Waals surface area contributed by atoms with Crippen LogP contribution in [0.2, 0.25) is 0 Å². The standard InChI is InChI=1S/C14H12N4O/c1-8-10(9-4-6-16-7-5-9)2-3-11-12(8)13(18-15)14(19)17-11/h2-7,15,17,19H,1H3. The Hall–Kier alpha value is -2.69. The molecule has 5 heteroatoms. The molecular formula is C14H12N4O. The minimum Gasteiger partial charge on any atom is -0.493 e. The van der Waals surface area contributed by atoms with Crippen molar-refractivity contribution in [3.05, 3.63) is 42.2 Å². The average molecular weight is 252 g/mol. The number of pyridine rings is 1. The molecule has 0 spiro atoms. The first-order valence-corrected chi connectivity index (χ1v) is 5.84. The molecular weight excluding hydrogens is 240 g/mol. The van der Waals surface area contributed by atoms with E-state index >= 15 is 0 Å². The first kappa shape index (κ1) is 11.4. The summed E-state index contributed by atoms with van der Waals surface area (Å²) in [7, 11) is 0. The predicted molar refractivity (Wildman–Crippen MR) is 72.7 cm³/mol. The maximum atomic E-state index is 9.74. The molecule has 0 bridgehead atoms. The maximum absolute atomic E-state index is 9.74. The van der Waals surface area contributed by atoms with Gasteiger partial charge in [-0.05, 0) is 41.8 Å². The summed E-state index contributed by atoms with van der Waals surface area (Å²) >= 11 is 0. The molecule has 2 aromatic heterocycles. The lowest BCUT2D eigenvalue weighted by molar-refractivity contribution is 0.459. The Bertz CT molecular complexity index is 762. The highest BCUT2D eigenvalue weighted by molar-refractivity contribution is 6.00. The van der Waals surface area contributed by atoms with Crippen molar-refractivity contribution < 1.29 is 5.11 Å². The van der Waals surface area contributed by atoms with Crippen LogP contribution < -0.4 is 0 Å². The van der Waals surface area contributed by atoms with Crippen LogP contribution in [-0.4, -0.2) is 15.1 Å². The van der Waals surface area contributed by atoms with E-state index in [1.807, 2.05) is 31.2 Å². The van der Waals surface area contributed by atoms with Crippen molar-refractivity contribution in [1.82, 2.24) is 9.97 Å². The van der Waals surface area contributed by atoms with Crippen LogP contribution in [0.25, 0.3) is 22.0 Å². The second-order valence-electron chi connectivity index (χ2n) is 4.33. The number of H-pyrrole nitrogens is 1. The quantitative estimate of drug-likeness (QED) is 0.604. The van der Waals surface area contributed by atoms with Crippen molar-refractivity contribution in [3.8, 4) is 17.0 Å². The Balaban J connectivity index is 2.35. The van der Waals surface area contributed by atoms with E-state index in [0.717, 1.165) is 27.6 Å². The molecule has 0 aliphatic carbocycles. The number of aryl methyl sites for hydroxylation is 1. The third-order valence-corrected chi connectivity index (χ3v) is 3.28. The summed E-state index contributed by atoms with van der Waals surface area (Å²) < 4.78 is 0. The summed E-state index contributed by atoms with van der Waals surface area (Å²) in [6, 6.07) is 7.72. The van der Waals surface area contributed by atoms with Crippen LogP contribution in [0.15, 0.2) is 41.8 Å². The number of nitrogens with zero attached hydrogens (tertiary/aromatic N) is 2. The SMILES string of the molecule is Cc1c(-c2ccncc2)ccc2[nH]c(O)c(N=N)c12. The van der Waals surface area contributed by atoms with Crippen molar-refractivity contribution in [1.29, 1.82) is 5.53 Å². The first-order valence-electron chi connectivity index (χ1n) is 5.84. The van der Waals surface area contributed by atoms with Gasteiger partial charge < -0.3 is 10.1 Å². The van der Waals surface area contributed by atoms with Gasteiger partial charge in [-0.3, -0.25) is 4.98 Å². The van der Waals surface area contributed by atoms with Gasteiger partial charge in [0.2, 0.25) is 5.88 Å². The molecule has 0 saturated carbocycles. The molecule has 3 aromatic rings. The molecule has 0 aliphatic rings. The van der Waals surface area contributed by atoms with E-state index in [-0.39, 0.29) is 11.6 Å². The fourth-order valence-electron chi connectivity index (χ4n) is 2.38. The van der Waals surface area contributed by atoms with Gasteiger partial charge in [-0.25, -0.2) is 5.53 Å². The summed E-state index contributed by atoms with van der Waals surface area (Å²) in [4.78, 5) is 6.83. The molecule has 0 unspecified atom stereocenters. The van der Waals surface area contributed by atoms with E-state index in [9.17, 15) is 5.11 Å². The molecule has 0 atom stereocenters. The van der Waals surface area contributed by atoms with Gasteiger partial charge in [0.25, 0.3) is 0 Å². The monoisotopic (exact) mass is 252 g/mol. The molecule has 0 saturated heterocycles. The summed E-state index contributed by atoms with van der Waals surface area (Å²) in [6.45, 7) is 1.96. The number of rotatable bonds is 2. The van der Waals surface area contributed by atoms with Gasteiger partial charge >= 0.3 is 0 Å². The van der Waals surface area contributed by atoms with E-state index in [4.69, 9.17) is 5.53 Å². The molecule has 1 aromatic carbocycles. The lowest BCUT2D eigenvalue weighted by Gasteiger charge is -2.07. The lowest BCUT2D eigenvalue weighted by atomic mass is 9.98. The zero-order chi connectivity index (χ0) is 13.4. The highest BCUT2D eigenvalue weighted by atomic mass is 16.3. The highest BCUT2D eigenvalue weighted by Crippen LogP contribution is 2.40. The van der Waals surface area contributed by atoms with E-state index < -0.39 is 0 Å². The van der Waals surface area contributed by atoms with Crippen molar-refractivity contribution in [2.24, 2.45) is 5.11 Å². The van der Waals surface area contributed by atoms with Crippen LogP contribution in [0.3, 0.4) is 0 Å². The van der Waals surface area contributed by atoms with E-state index in [1.165, 1.54) is 0 Å². The van der Waals surface area contributed by atoms with Crippen molar-refractivity contribution in [2.45, 2.75) is 6.92 Å². The fraction of sp³-hybridized carbons (Fsp3) is 0.0714. The predicted octanol–water partition coefficient (Wildman–Crippen LogP) is 3.91. The smallest absolute Gasteiger partial charge is 0.218 e. The topological polar surface area (TPSA) is 85.1 Å². The van der Waals surface area contributed by atoms with Gasteiger partial charge in [-0.1, -0.05) is 6.07 Å². The minimum absolute atomic E-state index is 0.0695. The molecule has 19 heavy (non-hydrogen) atoms. The van der Waals surface area contributed by atoms with Gasteiger partial charge in [0.1, 0.15) is 0 Å². The molecule has 5 nitrogen and oxygen atoms in total. The van der Waals surface area contributed by atoms with Gasteiger partial charge in [0.15, 0.2) is 5.69 Å². The van der Waals surface area contributed by atoms with Gasteiger partial charge in [-0.2, -0.15) is 5.11 Å². The summed E-state index contributed by atoms with van der Waals surface area (Å²) in [5.74, 6) is -0.0695. The van der Waals surface area contributed by atoms with Crippen molar-refractivity contribution in [3.63, 3.8) is 0 Å². The van der Waals surface area contributed by atoms with Gasteiger partial charge in [-0.15, -0.1) is 0 Å². The van der Waals surface area contributed by atoms with Crippen LogP contribution in [0.5, 0.6) is 5.88 Å². The van der Waals surface area contributed by atoms with Gasteiger partial charge in [0, 0.05) is 17.8 Å². The number of nitrogens with one attached hydrogen (secondary N) is 2. The second kappa shape index (κ2) is 4.20. The Morgan fingerprint density at radius 2 is 1.95 bits per heavy atom. The second-order valence-corrected chi connectivity index (χ2v) is 4.33. The van der Waals surface area contributed by atoms with Crippen LogP contribution >= 0.6 is 0 Å². The van der Waals surface area contributed by atoms with Crippen LogP contribution in [0, 0.1) is 12.5 Å². The highest BCUT2D eigenvalue weighted by Gasteiger charge is 2.15. The fourth-order valence-corrected chi connectivity index (χ4v) is 2.38. The summed E-state index contributed by atoms with van der Waals surface area (Å²) in [5.41, 5.74) is 11.3. The zero-order valence-corrected chi connectivity index (χ0v) is 10.3. The Labute approximate surface area is 109 Å². The first-order chi connectivity index (χ1) is 9.22. The molecule has 0 radical (unpaired) electrons. The molecule has 0 aliphatic heterocycles. The van der Waals surface area contributed by atoms with Crippen molar-refractivity contribution in [2.75, 3.05) is 0 Å². The third kappa shape index (κ3) is 1.67. The Morgan fingerprint density at radius 1 is 1.21 bits per heavy atom. The molecule has 3 N–H and O–H groups in total. The number of aromatic hydroxyl groups is 1. The number of aromatic nitrogens is 2.